The van der Waals surface area contributed by atoms with Crippen molar-refractivity contribution in [3.63, 3.8) is 0 Å². The molecular formula is C15H20F2N2O. The SMILES string of the molecule is O=C(CCC1CCNC1)NCCc1c(F)cccc1F. The summed E-state index contributed by atoms with van der Waals surface area (Å²) < 4.78 is 26.7. The van der Waals surface area contributed by atoms with E-state index in [2.05, 4.69) is 10.6 Å². The van der Waals surface area contributed by atoms with Crippen molar-refractivity contribution in [1.29, 1.82) is 0 Å². The molecule has 5 heteroatoms. The third-order valence-corrected chi connectivity index (χ3v) is 3.70. The van der Waals surface area contributed by atoms with Crippen LogP contribution in [0.3, 0.4) is 0 Å². The first kappa shape index (κ1) is 14.9. The molecule has 0 bridgehead atoms. The molecule has 1 aromatic carbocycles. The number of rotatable bonds is 6. The molecule has 1 aromatic rings. The molecule has 1 fully saturated rings. The van der Waals surface area contributed by atoms with Crippen LogP contribution in [-0.4, -0.2) is 25.5 Å². The zero-order valence-electron chi connectivity index (χ0n) is 11.4. The smallest absolute Gasteiger partial charge is 0.220 e. The highest BCUT2D eigenvalue weighted by Gasteiger charge is 2.15. The first-order chi connectivity index (χ1) is 9.66. The van der Waals surface area contributed by atoms with E-state index >= 15 is 0 Å². The summed E-state index contributed by atoms with van der Waals surface area (Å²) in [7, 11) is 0. The van der Waals surface area contributed by atoms with Gasteiger partial charge in [0.15, 0.2) is 0 Å². The van der Waals surface area contributed by atoms with E-state index in [-0.39, 0.29) is 24.4 Å². The van der Waals surface area contributed by atoms with Crippen LogP contribution in [0.1, 0.15) is 24.8 Å². The number of hydrogen-bond acceptors (Lipinski definition) is 2. The minimum atomic E-state index is -0.559. The molecule has 0 spiro atoms. The topological polar surface area (TPSA) is 41.1 Å². The molecule has 20 heavy (non-hydrogen) atoms. The van der Waals surface area contributed by atoms with Crippen molar-refractivity contribution >= 4 is 5.91 Å². The highest BCUT2D eigenvalue weighted by Crippen LogP contribution is 2.14. The molecule has 1 aliphatic rings. The fourth-order valence-electron chi connectivity index (χ4n) is 2.48. The van der Waals surface area contributed by atoms with E-state index in [0.717, 1.165) is 25.9 Å². The molecule has 1 amide bonds. The normalized spacial score (nSPS) is 18.2. The van der Waals surface area contributed by atoms with Gasteiger partial charge in [-0.2, -0.15) is 0 Å². The lowest BCUT2D eigenvalue weighted by Crippen LogP contribution is -2.26. The maximum atomic E-state index is 13.4. The second kappa shape index (κ2) is 7.33. The van der Waals surface area contributed by atoms with E-state index in [1.807, 2.05) is 0 Å². The molecule has 0 aromatic heterocycles. The Balaban J connectivity index is 1.68. The van der Waals surface area contributed by atoms with Gasteiger partial charge in [-0.05, 0) is 50.4 Å². The first-order valence-corrected chi connectivity index (χ1v) is 7.07. The Bertz CT molecular complexity index is 439. The molecular weight excluding hydrogens is 262 g/mol. The summed E-state index contributed by atoms with van der Waals surface area (Å²) in [6.07, 6.45) is 2.64. The van der Waals surface area contributed by atoms with E-state index < -0.39 is 11.6 Å². The zero-order chi connectivity index (χ0) is 14.4. The third kappa shape index (κ3) is 4.27. The quantitative estimate of drug-likeness (QED) is 0.838. The number of benzene rings is 1. The lowest BCUT2D eigenvalue weighted by Gasteiger charge is -2.09. The van der Waals surface area contributed by atoms with Gasteiger partial charge in [0.05, 0.1) is 0 Å². The molecule has 1 heterocycles. The Morgan fingerprint density at radius 1 is 1.35 bits per heavy atom. The average molecular weight is 282 g/mol. The predicted octanol–water partition coefficient (Wildman–Crippen LogP) is 2.01. The van der Waals surface area contributed by atoms with Crippen molar-refractivity contribution in [2.24, 2.45) is 5.92 Å². The van der Waals surface area contributed by atoms with Crippen LogP contribution in [0.2, 0.25) is 0 Å². The number of hydrogen-bond donors (Lipinski definition) is 2. The Labute approximate surface area is 117 Å². The monoisotopic (exact) mass is 282 g/mol. The van der Waals surface area contributed by atoms with Crippen molar-refractivity contribution < 1.29 is 13.6 Å². The lowest BCUT2D eigenvalue weighted by molar-refractivity contribution is -0.121. The lowest BCUT2D eigenvalue weighted by atomic mass is 10.0. The molecule has 0 aliphatic carbocycles. The summed E-state index contributed by atoms with van der Waals surface area (Å²) >= 11 is 0. The fraction of sp³-hybridized carbons (Fsp3) is 0.533. The maximum absolute atomic E-state index is 13.4. The minimum Gasteiger partial charge on any atom is -0.356 e. The van der Waals surface area contributed by atoms with Crippen molar-refractivity contribution in [1.82, 2.24) is 10.6 Å². The van der Waals surface area contributed by atoms with E-state index in [9.17, 15) is 13.6 Å². The van der Waals surface area contributed by atoms with Crippen molar-refractivity contribution in [2.45, 2.75) is 25.7 Å². The van der Waals surface area contributed by atoms with Gasteiger partial charge in [-0.15, -0.1) is 0 Å². The highest BCUT2D eigenvalue weighted by atomic mass is 19.1. The Kier molecular flexibility index (Phi) is 5.47. The average Bonchev–Trinajstić information content (AvgIpc) is 2.93. The van der Waals surface area contributed by atoms with Crippen LogP contribution in [0.25, 0.3) is 0 Å². The molecule has 3 nitrogen and oxygen atoms in total. The molecule has 1 atom stereocenters. The number of nitrogens with one attached hydrogen (secondary N) is 2. The molecule has 1 unspecified atom stereocenters. The van der Waals surface area contributed by atoms with Crippen LogP contribution in [0.5, 0.6) is 0 Å². The molecule has 0 saturated carbocycles. The van der Waals surface area contributed by atoms with Gasteiger partial charge in [-0.3, -0.25) is 4.79 Å². The van der Waals surface area contributed by atoms with Crippen LogP contribution in [0, 0.1) is 17.6 Å². The number of carbonyl (C=O) groups excluding carboxylic acids is 1. The summed E-state index contributed by atoms with van der Waals surface area (Å²) in [5.41, 5.74) is 0.0350. The molecule has 1 saturated heterocycles. The Morgan fingerprint density at radius 3 is 2.75 bits per heavy atom. The summed E-state index contributed by atoms with van der Waals surface area (Å²) in [5.74, 6) is -0.592. The number of amides is 1. The third-order valence-electron chi connectivity index (χ3n) is 3.70. The summed E-state index contributed by atoms with van der Waals surface area (Å²) in [6.45, 7) is 2.27. The molecule has 0 radical (unpaired) electrons. The molecule has 110 valence electrons. The maximum Gasteiger partial charge on any atom is 0.220 e. The predicted molar refractivity (Wildman–Crippen MR) is 73.3 cm³/mol. The summed E-state index contributed by atoms with van der Waals surface area (Å²) in [4.78, 5) is 11.6. The van der Waals surface area contributed by atoms with E-state index in [0.29, 0.717) is 12.3 Å². The van der Waals surface area contributed by atoms with E-state index in [1.165, 1.54) is 18.2 Å². The van der Waals surface area contributed by atoms with Gasteiger partial charge in [0.1, 0.15) is 11.6 Å². The Hall–Kier alpha value is -1.49. The van der Waals surface area contributed by atoms with Gasteiger partial charge in [0.2, 0.25) is 5.91 Å². The number of carbonyl (C=O) groups is 1. The van der Waals surface area contributed by atoms with Crippen LogP contribution < -0.4 is 10.6 Å². The molecule has 2 N–H and O–H groups in total. The van der Waals surface area contributed by atoms with Gasteiger partial charge < -0.3 is 10.6 Å². The second-order valence-corrected chi connectivity index (χ2v) is 5.20. The molecule has 2 rings (SSSR count). The van der Waals surface area contributed by atoms with Gasteiger partial charge in [0.25, 0.3) is 0 Å². The van der Waals surface area contributed by atoms with Crippen LogP contribution in [0.15, 0.2) is 18.2 Å². The van der Waals surface area contributed by atoms with Crippen LogP contribution in [-0.2, 0) is 11.2 Å². The highest BCUT2D eigenvalue weighted by molar-refractivity contribution is 5.75. The van der Waals surface area contributed by atoms with E-state index in [1.54, 1.807) is 0 Å². The van der Waals surface area contributed by atoms with Crippen LogP contribution >= 0.6 is 0 Å². The first-order valence-electron chi connectivity index (χ1n) is 7.07. The largest absolute Gasteiger partial charge is 0.356 e. The Morgan fingerprint density at radius 2 is 2.10 bits per heavy atom. The van der Waals surface area contributed by atoms with Crippen molar-refractivity contribution in [3.05, 3.63) is 35.4 Å². The fourth-order valence-corrected chi connectivity index (χ4v) is 2.48. The van der Waals surface area contributed by atoms with Gasteiger partial charge in [0, 0.05) is 18.5 Å². The summed E-state index contributed by atoms with van der Waals surface area (Å²) in [5, 5.41) is 5.98. The zero-order valence-corrected chi connectivity index (χ0v) is 11.4. The molecule has 1 aliphatic heterocycles. The van der Waals surface area contributed by atoms with E-state index in [4.69, 9.17) is 0 Å². The van der Waals surface area contributed by atoms with Gasteiger partial charge in [-0.1, -0.05) is 6.07 Å². The van der Waals surface area contributed by atoms with Crippen molar-refractivity contribution in [2.75, 3.05) is 19.6 Å². The van der Waals surface area contributed by atoms with Crippen molar-refractivity contribution in [3.8, 4) is 0 Å². The van der Waals surface area contributed by atoms with Gasteiger partial charge in [-0.25, -0.2) is 8.78 Å². The van der Waals surface area contributed by atoms with Crippen LogP contribution in [0.4, 0.5) is 8.78 Å². The standard InChI is InChI=1S/C15H20F2N2O/c16-13-2-1-3-14(17)12(13)7-9-19-15(20)5-4-11-6-8-18-10-11/h1-3,11,18H,4-10H2,(H,19,20). The minimum absolute atomic E-state index is 0.0350. The van der Waals surface area contributed by atoms with Gasteiger partial charge >= 0.3 is 0 Å². The second-order valence-electron chi connectivity index (χ2n) is 5.20. The summed E-state index contributed by atoms with van der Waals surface area (Å²) in [6, 6.07) is 3.79. The number of halogens is 2.